The third kappa shape index (κ3) is 7.46. The zero-order valence-corrected chi connectivity index (χ0v) is 15.9. The normalized spacial score (nSPS) is 17.5. The zero-order chi connectivity index (χ0) is 17.0. The van der Waals surface area contributed by atoms with Gasteiger partial charge in [-0.25, -0.2) is 0 Å². The highest BCUT2D eigenvalue weighted by atomic mass is 16.5. The Morgan fingerprint density at radius 2 is 1.14 bits per heavy atom. The fourth-order valence-corrected chi connectivity index (χ4v) is 3.80. The highest BCUT2D eigenvalue weighted by Gasteiger charge is 2.38. The van der Waals surface area contributed by atoms with Crippen LogP contribution < -0.4 is 0 Å². The first-order valence-corrected chi connectivity index (χ1v) is 9.85. The quantitative estimate of drug-likeness (QED) is 0.391. The summed E-state index contributed by atoms with van der Waals surface area (Å²) in [5, 5.41) is 20.3. The van der Waals surface area contributed by atoms with Crippen molar-refractivity contribution in [3.63, 3.8) is 0 Å². The van der Waals surface area contributed by atoms with E-state index < -0.39 is 6.29 Å². The van der Waals surface area contributed by atoms with Crippen LogP contribution in [0.25, 0.3) is 0 Å². The first kappa shape index (κ1) is 21.9. The molecule has 0 spiro atoms. The van der Waals surface area contributed by atoms with Crippen LogP contribution in [-0.2, 0) is 0 Å². The van der Waals surface area contributed by atoms with E-state index in [9.17, 15) is 10.2 Å². The van der Waals surface area contributed by atoms with E-state index in [1.807, 2.05) is 0 Å². The standard InChI is InChI=1S/C20H42O2/c1-6-11-13-17(8-3)15-20(10-5,19(21)22)16-18(9-4)14-12-7-2/h17-19,21-22H,6-16H2,1-5H3. The molecule has 0 aliphatic heterocycles. The molecule has 0 aromatic carbocycles. The fraction of sp³-hybridized carbons (Fsp3) is 1.00. The van der Waals surface area contributed by atoms with Crippen LogP contribution in [0.2, 0.25) is 0 Å². The number of rotatable bonds is 14. The van der Waals surface area contributed by atoms with Gasteiger partial charge in [0, 0.05) is 5.41 Å². The molecule has 2 unspecified atom stereocenters. The summed E-state index contributed by atoms with van der Waals surface area (Å²) in [6.45, 7) is 11.1. The molecule has 0 heterocycles. The first-order chi connectivity index (χ1) is 10.5. The minimum absolute atomic E-state index is 0.303. The maximum atomic E-state index is 10.2. The Balaban J connectivity index is 4.95. The van der Waals surface area contributed by atoms with Crippen molar-refractivity contribution in [1.82, 2.24) is 0 Å². The van der Waals surface area contributed by atoms with Gasteiger partial charge in [0.1, 0.15) is 0 Å². The Hall–Kier alpha value is -0.0800. The lowest BCUT2D eigenvalue weighted by Gasteiger charge is -2.40. The molecule has 0 bridgehead atoms. The number of hydrogen-bond acceptors (Lipinski definition) is 2. The van der Waals surface area contributed by atoms with Gasteiger partial charge in [-0.05, 0) is 31.1 Å². The highest BCUT2D eigenvalue weighted by Crippen LogP contribution is 2.43. The SMILES string of the molecule is CCCCC(CC)CC(CC)(CC(CC)CCCC)C(O)O. The Morgan fingerprint density at radius 1 is 0.727 bits per heavy atom. The van der Waals surface area contributed by atoms with E-state index in [0.29, 0.717) is 11.8 Å². The van der Waals surface area contributed by atoms with Crippen LogP contribution in [0.5, 0.6) is 0 Å². The van der Waals surface area contributed by atoms with Crippen LogP contribution in [-0.4, -0.2) is 16.5 Å². The van der Waals surface area contributed by atoms with Crippen LogP contribution in [0.3, 0.4) is 0 Å². The molecule has 2 heteroatoms. The monoisotopic (exact) mass is 314 g/mol. The van der Waals surface area contributed by atoms with Gasteiger partial charge in [-0.15, -0.1) is 0 Å². The van der Waals surface area contributed by atoms with Crippen molar-refractivity contribution in [1.29, 1.82) is 0 Å². The topological polar surface area (TPSA) is 40.5 Å². The molecule has 134 valence electrons. The van der Waals surface area contributed by atoms with Gasteiger partial charge in [-0.1, -0.05) is 86.0 Å². The Kier molecular flexibility index (Phi) is 12.3. The van der Waals surface area contributed by atoms with E-state index in [2.05, 4.69) is 34.6 Å². The molecule has 0 saturated heterocycles. The zero-order valence-electron chi connectivity index (χ0n) is 15.9. The number of aliphatic hydroxyl groups excluding tert-OH is 1. The van der Waals surface area contributed by atoms with Crippen molar-refractivity contribution in [3.05, 3.63) is 0 Å². The lowest BCUT2D eigenvalue weighted by Crippen LogP contribution is -2.38. The molecule has 2 N–H and O–H groups in total. The summed E-state index contributed by atoms with van der Waals surface area (Å²) in [4.78, 5) is 0. The van der Waals surface area contributed by atoms with Gasteiger partial charge < -0.3 is 10.2 Å². The largest absolute Gasteiger partial charge is 0.368 e. The summed E-state index contributed by atoms with van der Waals surface area (Å²) < 4.78 is 0. The van der Waals surface area contributed by atoms with Gasteiger partial charge in [0.2, 0.25) is 0 Å². The molecule has 0 saturated carbocycles. The third-order valence-corrected chi connectivity index (χ3v) is 5.73. The molecule has 0 aromatic heterocycles. The molecule has 0 aromatic rings. The molecule has 0 radical (unpaired) electrons. The summed E-state index contributed by atoms with van der Waals surface area (Å²) in [6.07, 6.45) is 11.4. The second-order valence-electron chi connectivity index (χ2n) is 7.33. The van der Waals surface area contributed by atoms with Gasteiger partial charge in [0.15, 0.2) is 6.29 Å². The summed E-state index contributed by atoms with van der Waals surface area (Å²) in [5.41, 5.74) is -0.303. The van der Waals surface area contributed by atoms with Gasteiger partial charge >= 0.3 is 0 Å². The second kappa shape index (κ2) is 12.4. The van der Waals surface area contributed by atoms with Gasteiger partial charge in [-0.2, -0.15) is 0 Å². The Bertz CT molecular complexity index is 232. The maximum absolute atomic E-state index is 10.2. The van der Waals surface area contributed by atoms with E-state index in [-0.39, 0.29) is 5.41 Å². The smallest absolute Gasteiger partial charge is 0.157 e. The van der Waals surface area contributed by atoms with E-state index >= 15 is 0 Å². The summed E-state index contributed by atoms with van der Waals surface area (Å²) in [7, 11) is 0. The van der Waals surface area contributed by atoms with Crippen molar-refractivity contribution >= 4 is 0 Å². The van der Waals surface area contributed by atoms with Crippen molar-refractivity contribution in [2.45, 2.75) is 112 Å². The molecule has 2 atom stereocenters. The molecule has 0 fully saturated rings. The first-order valence-electron chi connectivity index (χ1n) is 9.85. The van der Waals surface area contributed by atoms with Crippen LogP contribution in [0, 0.1) is 17.3 Å². The minimum Gasteiger partial charge on any atom is -0.368 e. The van der Waals surface area contributed by atoms with Crippen molar-refractivity contribution in [2.24, 2.45) is 17.3 Å². The predicted molar refractivity (Wildman–Crippen MR) is 96.8 cm³/mol. The Labute approximate surface area is 139 Å². The van der Waals surface area contributed by atoms with Crippen molar-refractivity contribution in [2.75, 3.05) is 0 Å². The summed E-state index contributed by atoms with van der Waals surface area (Å²) in [6, 6.07) is 0. The van der Waals surface area contributed by atoms with Gasteiger partial charge in [0.05, 0.1) is 0 Å². The average molecular weight is 315 g/mol. The third-order valence-electron chi connectivity index (χ3n) is 5.73. The fourth-order valence-electron chi connectivity index (χ4n) is 3.80. The molecule has 0 aliphatic rings. The van der Waals surface area contributed by atoms with Crippen LogP contribution in [0.15, 0.2) is 0 Å². The molecule has 2 nitrogen and oxygen atoms in total. The predicted octanol–water partition coefficient (Wildman–Crippen LogP) is 5.91. The van der Waals surface area contributed by atoms with E-state index in [0.717, 1.165) is 32.1 Å². The van der Waals surface area contributed by atoms with Crippen LogP contribution in [0.1, 0.15) is 105 Å². The highest BCUT2D eigenvalue weighted by molar-refractivity contribution is 4.85. The van der Waals surface area contributed by atoms with Crippen molar-refractivity contribution in [3.8, 4) is 0 Å². The number of aliphatic hydroxyl groups is 2. The minimum atomic E-state index is -1.18. The van der Waals surface area contributed by atoms with Crippen molar-refractivity contribution < 1.29 is 10.2 Å². The lowest BCUT2D eigenvalue weighted by molar-refractivity contribution is -0.154. The van der Waals surface area contributed by atoms with Gasteiger partial charge in [0.25, 0.3) is 0 Å². The van der Waals surface area contributed by atoms with E-state index in [1.54, 1.807) is 0 Å². The van der Waals surface area contributed by atoms with E-state index in [4.69, 9.17) is 0 Å². The maximum Gasteiger partial charge on any atom is 0.157 e. The molecule has 22 heavy (non-hydrogen) atoms. The number of unbranched alkanes of at least 4 members (excludes halogenated alkanes) is 2. The average Bonchev–Trinajstić information content (AvgIpc) is 2.53. The summed E-state index contributed by atoms with van der Waals surface area (Å²) >= 11 is 0. The second-order valence-corrected chi connectivity index (χ2v) is 7.33. The molecule has 0 amide bonds. The molecular formula is C20H42O2. The lowest BCUT2D eigenvalue weighted by atomic mass is 9.68. The summed E-state index contributed by atoms with van der Waals surface area (Å²) in [5.74, 6) is 1.26. The van der Waals surface area contributed by atoms with E-state index in [1.165, 1.54) is 38.5 Å². The molecular weight excluding hydrogens is 272 g/mol. The molecule has 0 rings (SSSR count). The van der Waals surface area contributed by atoms with Gasteiger partial charge in [-0.3, -0.25) is 0 Å². The van der Waals surface area contributed by atoms with Crippen LogP contribution >= 0.6 is 0 Å². The Morgan fingerprint density at radius 3 is 1.36 bits per heavy atom. The molecule has 0 aliphatic carbocycles. The van der Waals surface area contributed by atoms with Crippen LogP contribution in [0.4, 0.5) is 0 Å². The number of hydrogen-bond donors (Lipinski definition) is 2.